The highest BCUT2D eigenvalue weighted by atomic mass is 14.2. The highest BCUT2D eigenvalue weighted by Crippen LogP contribution is 2.27. The fraction of sp³-hybridized carbons (Fsp3) is 0.733. The molecule has 0 aliphatic heterocycles. The van der Waals surface area contributed by atoms with Gasteiger partial charge in [-0.25, -0.2) is 0 Å². The van der Waals surface area contributed by atoms with Gasteiger partial charge in [0.2, 0.25) is 0 Å². The summed E-state index contributed by atoms with van der Waals surface area (Å²) in [5, 5.41) is 0. The van der Waals surface area contributed by atoms with Crippen LogP contribution in [0.1, 0.15) is 53.9 Å². The first kappa shape index (κ1) is 14.5. The van der Waals surface area contributed by atoms with Crippen LogP contribution in [0.2, 0.25) is 0 Å². The monoisotopic (exact) mass is 208 g/mol. The lowest BCUT2D eigenvalue weighted by molar-refractivity contribution is 0.369. The van der Waals surface area contributed by atoms with Gasteiger partial charge in [0, 0.05) is 0 Å². The van der Waals surface area contributed by atoms with E-state index in [4.69, 9.17) is 0 Å². The second-order valence-corrected chi connectivity index (χ2v) is 5.53. The second kappa shape index (κ2) is 6.87. The summed E-state index contributed by atoms with van der Waals surface area (Å²) in [6.45, 7) is 19.4. The van der Waals surface area contributed by atoms with Gasteiger partial charge in [-0.2, -0.15) is 0 Å². The fourth-order valence-corrected chi connectivity index (χ4v) is 1.80. The Bertz CT molecular complexity index is 210. The van der Waals surface area contributed by atoms with Crippen LogP contribution >= 0.6 is 0 Å². The Morgan fingerprint density at radius 2 is 1.53 bits per heavy atom. The van der Waals surface area contributed by atoms with Crippen molar-refractivity contribution in [2.45, 2.75) is 53.9 Å². The zero-order valence-corrected chi connectivity index (χ0v) is 11.3. The van der Waals surface area contributed by atoms with Gasteiger partial charge in [0.05, 0.1) is 0 Å². The lowest BCUT2D eigenvalue weighted by Crippen LogP contribution is -2.11. The molecule has 0 saturated heterocycles. The molecule has 2 atom stereocenters. The molecule has 0 aromatic rings. The molecule has 2 unspecified atom stereocenters. The number of allylic oxidation sites excluding steroid dienone is 2. The lowest BCUT2D eigenvalue weighted by Gasteiger charge is -2.23. The largest absolute Gasteiger partial charge is 0.0998 e. The zero-order valence-electron chi connectivity index (χ0n) is 11.3. The molecule has 0 rings (SSSR count). The van der Waals surface area contributed by atoms with E-state index in [9.17, 15) is 0 Å². The van der Waals surface area contributed by atoms with Crippen molar-refractivity contribution in [1.82, 2.24) is 0 Å². The molecule has 0 fully saturated rings. The third-order valence-corrected chi connectivity index (χ3v) is 3.23. The maximum absolute atomic E-state index is 4.18. The highest BCUT2D eigenvalue weighted by Gasteiger charge is 2.15. The van der Waals surface area contributed by atoms with Crippen LogP contribution in [0.15, 0.2) is 24.3 Å². The van der Waals surface area contributed by atoms with E-state index in [1.54, 1.807) is 0 Å². The maximum Gasteiger partial charge on any atom is -0.0114 e. The molecule has 0 aromatic heterocycles. The van der Waals surface area contributed by atoms with Crippen molar-refractivity contribution in [2.24, 2.45) is 17.8 Å². The summed E-state index contributed by atoms with van der Waals surface area (Å²) < 4.78 is 0. The molecule has 0 aromatic carbocycles. The summed E-state index contributed by atoms with van der Waals surface area (Å²) in [4.78, 5) is 0. The van der Waals surface area contributed by atoms with E-state index < -0.39 is 0 Å². The summed E-state index contributed by atoms with van der Waals surface area (Å²) in [5.74, 6) is 2.19. The molecule has 0 N–H and O–H groups in total. The average Bonchev–Trinajstić information content (AvgIpc) is 2.11. The van der Waals surface area contributed by atoms with Gasteiger partial charge in [-0.1, -0.05) is 58.4 Å². The van der Waals surface area contributed by atoms with Gasteiger partial charge in [-0.05, 0) is 37.5 Å². The fourth-order valence-electron chi connectivity index (χ4n) is 1.80. The minimum atomic E-state index is 0.625. The molecular weight excluding hydrogens is 180 g/mol. The summed E-state index contributed by atoms with van der Waals surface area (Å²) in [7, 11) is 0. The van der Waals surface area contributed by atoms with Crippen LogP contribution in [0, 0.1) is 17.8 Å². The molecule has 15 heavy (non-hydrogen) atoms. The lowest BCUT2D eigenvalue weighted by atomic mass is 9.83. The molecule has 0 radical (unpaired) electrons. The van der Waals surface area contributed by atoms with E-state index in [1.165, 1.54) is 24.0 Å². The van der Waals surface area contributed by atoms with E-state index >= 15 is 0 Å². The van der Waals surface area contributed by atoms with Crippen LogP contribution in [0.25, 0.3) is 0 Å². The second-order valence-electron chi connectivity index (χ2n) is 5.53. The van der Waals surface area contributed by atoms with Crippen LogP contribution in [-0.2, 0) is 0 Å². The third kappa shape index (κ3) is 6.54. The van der Waals surface area contributed by atoms with Crippen molar-refractivity contribution < 1.29 is 0 Å². The summed E-state index contributed by atoms with van der Waals surface area (Å²) in [6, 6.07) is 0. The standard InChI is InChI=1S/C15H28/c1-11(2)8-9-13(5)15(7)14(6)10-12(3)4/h11,13,15H,3,6,8-10H2,1-2,4-5,7H3. The topological polar surface area (TPSA) is 0 Å². The molecule has 0 spiro atoms. The molecule has 88 valence electrons. The van der Waals surface area contributed by atoms with Crippen LogP contribution in [0.5, 0.6) is 0 Å². The van der Waals surface area contributed by atoms with Crippen LogP contribution < -0.4 is 0 Å². The normalized spacial score (nSPS) is 15.1. The molecular formula is C15H28. The Morgan fingerprint density at radius 1 is 1.00 bits per heavy atom. The van der Waals surface area contributed by atoms with Gasteiger partial charge in [0.1, 0.15) is 0 Å². The summed E-state index contributed by atoms with van der Waals surface area (Å²) >= 11 is 0. The number of rotatable bonds is 7. The number of hydrogen-bond donors (Lipinski definition) is 0. The Hall–Kier alpha value is -0.520. The van der Waals surface area contributed by atoms with Crippen LogP contribution in [0.4, 0.5) is 0 Å². The zero-order chi connectivity index (χ0) is 12.0. The van der Waals surface area contributed by atoms with Crippen LogP contribution in [-0.4, -0.2) is 0 Å². The van der Waals surface area contributed by atoms with Crippen molar-refractivity contribution >= 4 is 0 Å². The Labute approximate surface area is 96.5 Å². The predicted molar refractivity (Wildman–Crippen MR) is 71.0 cm³/mol. The molecule has 0 amide bonds. The van der Waals surface area contributed by atoms with Gasteiger partial charge in [0.25, 0.3) is 0 Å². The van der Waals surface area contributed by atoms with Gasteiger partial charge < -0.3 is 0 Å². The Morgan fingerprint density at radius 3 is 1.93 bits per heavy atom. The third-order valence-electron chi connectivity index (χ3n) is 3.23. The smallest absolute Gasteiger partial charge is 0.0114 e. The molecule has 0 nitrogen and oxygen atoms in total. The summed E-state index contributed by atoms with van der Waals surface area (Å²) in [6.07, 6.45) is 3.63. The first-order chi connectivity index (χ1) is 6.84. The summed E-state index contributed by atoms with van der Waals surface area (Å²) in [5.41, 5.74) is 2.57. The Balaban J connectivity index is 4.01. The van der Waals surface area contributed by atoms with Crippen molar-refractivity contribution in [3.8, 4) is 0 Å². The van der Waals surface area contributed by atoms with E-state index in [1.807, 2.05) is 0 Å². The highest BCUT2D eigenvalue weighted by molar-refractivity contribution is 5.10. The van der Waals surface area contributed by atoms with Gasteiger partial charge in [-0.15, -0.1) is 0 Å². The minimum absolute atomic E-state index is 0.625. The van der Waals surface area contributed by atoms with Crippen molar-refractivity contribution in [3.63, 3.8) is 0 Å². The maximum atomic E-state index is 4.18. The van der Waals surface area contributed by atoms with Crippen molar-refractivity contribution in [3.05, 3.63) is 24.3 Å². The van der Waals surface area contributed by atoms with Gasteiger partial charge >= 0.3 is 0 Å². The molecule has 0 aliphatic carbocycles. The molecule has 0 aliphatic rings. The van der Waals surface area contributed by atoms with E-state index in [0.29, 0.717) is 5.92 Å². The molecule has 0 heterocycles. The average molecular weight is 208 g/mol. The first-order valence-electron chi connectivity index (χ1n) is 6.16. The van der Waals surface area contributed by atoms with E-state index in [-0.39, 0.29) is 0 Å². The van der Waals surface area contributed by atoms with Gasteiger partial charge in [-0.3, -0.25) is 0 Å². The quantitative estimate of drug-likeness (QED) is 0.503. The van der Waals surface area contributed by atoms with Crippen molar-refractivity contribution in [1.29, 1.82) is 0 Å². The SMILES string of the molecule is C=C(C)CC(=C)C(C)C(C)CCC(C)C. The van der Waals surface area contributed by atoms with E-state index in [2.05, 4.69) is 47.8 Å². The van der Waals surface area contributed by atoms with Gasteiger partial charge in [0.15, 0.2) is 0 Å². The number of hydrogen-bond acceptors (Lipinski definition) is 0. The van der Waals surface area contributed by atoms with Crippen molar-refractivity contribution in [2.75, 3.05) is 0 Å². The van der Waals surface area contributed by atoms with E-state index in [0.717, 1.165) is 18.3 Å². The molecule has 0 bridgehead atoms. The van der Waals surface area contributed by atoms with Crippen LogP contribution in [0.3, 0.4) is 0 Å². The Kier molecular flexibility index (Phi) is 6.63. The first-order valence-corrected chi connectivity index (χ1v) is 6.16. The predicted octanol–water partition coefficient (Wildman–Crippen LogP) is 5.22. The molecule has 0 saturated carbocycles. The minimum Gasteiger partial charge on any atom is -0.0998 e. The molecule has 0 heteroatoms.